The number of Topliss-reactive ketones (excluding diaryl/α,β-unsaturated/α-hetero) is 1. The maximum atomic E-state index is 12.2. The van der Waals surface area contributed by atoms with Crippen LogP contribution >= 0.6 is 0 Å². The minimum absolute atomic E-state index is 0.0351. The van der Waals surface area contributed by atoms with Crippen LogP contribution in [0.2, 0.25) is 0 Å². The van der Waals surface area contributed by atoms with Crippen molar-refractivity contribution in [3.05, 3.63) is 59.7 Å². The van der Waals surface area contributed by atoms with E-state index in [-0.39, 0.29) is 29.2 Å². The van der Waals surface area contributed by atoms with Crippen molar-refractivity contribution >= 4 is 33.4 Å². The van der Waals surface area contributed by atoms with E-state index in [0.29, 0.717) is 5.56 Å². The van der Waals surface area contributed by atoms with Crippen molar-refractivity contribution in [3.8, 4) is 0 Å². The Labute approximate surface area is 169 Å². The van der Waals surface area contributed by atoms with Crippen molar-refractivity contribution in [3.63, 3.8) is 0 Å². The Morgan fingerprint density at radius 1 is 1.07 bits per heavy atom. The van der Waals surface area contributed by atoms with Crippen molar-refractivity contribution < 1.29 is 27.5 Å². The standard InChI is InChI=1S/C20H22N2O6S/c1-13-6-8-15(9-7-13)18(23)10-11-19(24)28-14(2)20(25)22-16-4-3-5-17(12-16)29(21,26)27/h3-9,12,14H,10-11H2,1-2H3,(H,22,25)(H2,21,26,27)/t14-/m0/s1. The van der Waals surface area contributed by atoms with E-state index in [1.807, 2.05) is 19.1 Å². The number of nitrogens with one attached hydrogen (secondary N) is 1. The van der Waals surface area contributed by atoms with Crippen molar-refractivity contribution in [2.24, 2.45) is 5.14 Å². The highest BCUT2D eigenvalue weighted by molar-refractivity contribution is 7.89. The lowest BCUT2D eigenvalue weighted by atomic mass is 10.1. The van der Waals surface area contributed by atoms with Gasteiger partial charge in [0.15, 0.2) is 11.9 Å². The molecule has 0 unspecified atom stereocenters. The molecule has 0 radical (unpaired) electrons. The maximum Gasteiger partial charge on any atom is 0.307 e. The number of ketones is 1. The topological polar surface area (TPSA) is 133 Å². The molecule has 1 amide bonds. The molecule has 0 heterocycles. The van der Waals surface area contributed by atoms with Crippen LogP contribution in [-0.4, -0.2) is 32.2 Å². The number of hydrogen-bond acceptors (Lipinski definition) is 6. The molecule has 0 aliphatic rings. The Bertz CT molecular complexity index is 1020. The van der Waals surface area contributed by atoms with Gasteiger partial charge in [-0.25, -0.2) is 13.6 Å². The lowest BCUT2D eigenvalue weighted by molar-refractivity contribution is -0.153. The van der Waals surface area contributed by atoms with Crippen LogP contribution in [0.1, 0.15) is 35.7 Å². The van der Waals surface area contributed by atoms with E-state index in [1.54, 1.807) is 12.1 Å². The van der Waals surface area contributed by atoms with Crippen molar-refractivity contribution in [2.45, 2.75) is 37.7 Å². The first-order valence-corrected chi connectivity index (χ1v) is 10.3. The quantitative estimate of drug-likeness (QED) is 0.499. The molecule has 0 saturated heterocycles. The summed E-state index contributed by atoms with van der Waals surface area (Å²) < 4.78 is 27.8. The zero-order chi connectivity index (χ0) is 21.6. The van der Waals surface area contributed by atoms with Gasteiger partial charge in [0.05, 0.1) is 11.3 Å². The number of carbonyl (C=O) groups is 3. The van der Waals surface area contributed by atoms with E-state index < -0.39 is 28.0 Å². The molecule has 3 N–H and O–H groups in total. The van der Waals surface area contributed by atoms with Gasteiger partial charge in [0, 0.05) is 17.7 Å². The average Bonchev–Trinajstić information content (AvgIpc) is 2.66. The van der Waals surface area contributed by atoms with Gasteiger partial charge >= 0.3 is 5.97 Å². The number of amides is 1. The number of aryl methyl sites for hydroxylation is 1. The number of esters is 1. The number of carbonyl (C=O) groups excluding carboxylic acids is 3. The molecule has 2 aromatic rings. The number of benzene rings is 2. The van der Waals surface area contributed by atoms with Gasteiger partial charge in [0.1, 0.15) is 0 Å². The number of ether oxygens (including phenoxy) is 1. The lowest BCUT2D eigenvalue weighted by Gasteiger charge is -2.14. The highest BCUT2D eigenvalue weighted by Gasteiger charge is 2.19. The molecule has 0 aromatic heterocycles. The highest BCUT2D eigenvalue weighted by atomic mass is 32.2. The monoisotopic (exact) mass is 418 g/mol. The summed E-state index contributed by atoms with van der Waals surface area (Å²) in [6.45, 7) is 3.28. The fourth-order valence-corrected chi connectivity index (χ4v) is 2.96. The average molecular weight is 418 g/mol. The van der Waals surface area contributed by atoms with E-state index in [2.05, 4.69) is 5.32 Å². The summed E-state index contributed by atoms with van der Waals surface area (Å²) in [5.41, 5.74) is 1.72. The summed E-state index contributed by atoms with van der Waals surface area (Å²) in [6.07, 6.45) is -1.33. The van der Waals surface area contributed by atoms with Crippen LogP contribution in [-0.2, 0) is 24.3 Å². The fourth-order valence-electron chi connectivity index (χ4n) is 2.40. The Morgan fingerprint density at radius 2 is 1.72 bits per heavy atom. The first-order valence-electron chi connectivity index (χ1n) is 8.79. The predicted molar refractivity (Wildman–Crippen MR) is 107 cm³/mol. The van der Waals surface area contributed by atoms with Gasteiger partial charge < -0.3 is 10.1 Å². The lowest BCUT2D eigenvalue weighted by Crippen LogP contribution is -2.30. The molecule has 154 valence electrons. The summed E-state index contributed by atoms with van der Waals surface area (Å²) in [5, 5.41) is 7.50. The van der Waals surface area contributed by atoms with Crippen LogP contribution in [0.25, 0.3) is 0 Å². The number of nitrogens with two attached hydrogens (primary N) is 1. The Balaban J connectivity index is 1.86. The van der Waals surface area contributed by atoms with Crippen LogP contribution in [0.3, 0.4) is 0 Å². The third-order valence-corrected chi connectivity index (χ3v) is 4.95. The van der Waals surface area contributed by atoms with Crippen molar-refractivity contribution in [1.29, 1.82) is 0 Å². The van der Waals surface area contributed by atoms with Crippen LogP contribution in [0.15, 0.2) is 53.4 Å². The number of anilines is 1. The SMILES string of the molecule is Cc1ccc(C(=O)CCC(=O)O[C@@H](C)C(=O)Nc2cccc(S(N)(=O)=O)c2)cc1. The zero-order valence-corrected chi connectivity index (χ0v) is 16.9. The molecule has 0 spiro atoms. The highest BCUT2D eigenvalue weighted by Crippen LogP contribution is 2.15. The molecule has 9 heteroatoms. The van der Waals surface area contributed by atoms with Crippen LogP contribution in [0.5, 0.6) is 0 Å². The molecular formula is C20H22N2O6S. The first kappa shape index (κ1) is 22.3. The van der Waals surface area contributed by atoms with Crippen molar-refractivity contribution in [1.82, 2.24) is 0 Å². The maximum absolute atomic E-state index is 12.2. The minimum Gasteiger partial charge on any atom is -0.453 e. The molecule has 0 fully saturated rings. The van der Waals surface area contributed by atoms with E-state index in [9.17, 15) is 22.8 Å². The minimum atomic E-state index is -3.91. The Morgan fingerprint density at radius 3 is 2.34 bits per heavy atom. The molecule has 0 aliphatic carbocycles. The molecular weight excluding hydrogens is 396 g/mol. The van der Waals surface area contributed by atoms with E-state index in [0.717, 1.165) is 5.56 Å². The van der Waals surface area contributed by atoms with Crippen LogP contribution in [0, 0.1) is 6.92 Å². The predicted octanol–water partition coefficient (Wildman–Crippen LogP) is 2.18. The third-order valence-electron chi connectivity index (χ3n) is 4.04. The number of hydrogen-bond donors (Lipinski definition) is 2. The smallest absolute Gasteiger partial charge is 0.307 e. The summed E-state index contributed by atoms with van der Waals surface area (Å²) in [4.78, 5) is 36.0. The van der Waals surface area contributed by atoms with E-state index in [1.165, 1.54) is 31.2 Å². The molecule has 2 rings (SSSR count). The number of primary sulfonamides is 1. The van der Waals surface area contributed by atoms with Gasteiger partial charge in [-0.2, -0.15) is 0 Å². The van der Waals surface area contributed by atoms with E-state index >= 15 is 0 Å². The summed E-state index contributed by atoms with van der Waals surface area (Å²) in [6, 6.07) is 12.4. The third kappa shape index (κ3) is 6.81. The second-order valence-electron chi connectivity index (χ2n) is 6.48. The van der Waals surface area contributed by atoms with Crippen LogP contribution < -0.4 is 10.5 Å². The summed E-state index contributed by atoms with van der Waals surface area (Å²) in [5.74, 6) is -1.53. The zero-order valence-electron chi connectivity index (χ0n) is 16.0. The normalized spacial score (nSPS) is 12.1. The second kappa shape index (κ2) is 9.44. The Kier molecular flexibility index (Phi) is 7.24. The molecule has 29 heavy (non-hydrogen) atoms. The van der Waals surface area contributed by atoms with Gasteiger partial charge in [-0.15, -0.1) is 0 Å². The summed E-state index contributed by atoms with van der Waals surface area (Å²) in [7, 11) is -3.91. The molecule has 0 saturated carbocycles. The second-order valence-corrected chi connectivity index (χ2v) is 8.04. The molecule has 2 aromatic carbocycles. The van der Waals surface area contributed by atoms with Gasteiger partial charge in [0.2, 0.25) is 10.0 Å². The van der Waals surface area contributed by atoms with Crippen molar-refractivity contribution in [2.75, 3.05) is 5.32 Å². The molecule has 1 atom stereocenters. The largest absolute Gasteiger partial charge is 0.453 e. The number of rotatable bonds is 8. The summed E-state index contributed by atoms with van der Waals surface area (Å²) >= 11 is 0. The number of sulfonamides is 1. The van der Waals surface area contributed by atoms with Gasteiger partial charge in [-0.05, 0) is 32.0 Å². The van der Waals surface area contributed by atoms with Gasteiger partial charge in [0.25, 0.3) is 5.91 Å². The van der Waals surface area contributed by atoms with Crippen LogP contribution in [0.4, 0.5) is 5.69 Å². The molecule has 0 bridgehead atoms. The van der Waals surface area contributed by atoms with Gasteiger partial charge in [-0.3, -0.25) is 14.4 Å². The first-order chi connectivity index (χ1) is 13.6. The molecule has 0 aliphatic heterocycles. The Hall–Kier alpha value is -3.04. The fraction of sp³-hybridized carbons (Fsp3) is 0.250. The van der Waals surface area contributed by atoms with Gasteiger partial charge in [-0.1, -0.05) is 35.9 Å². The van der Waals surface area contributed by atoms with E-state index in [4.69, 9.17) is 9.88 Å². The molecule has 8 nitrogen and oxygen atoms in total.